The van der Waals surface area contributed by atoms with Crippen molar-refractivity contribution in [3.05, 3.63) is 36.0 Å². The first-order valence-electron chi connectivity index (χ1n) is 8.35. The van der Waals surface area contributed by atoms with Crippen LogP contribution in [0.1, 0.15) is 5.69 Å². The number of nitrogens with zero attached hydrogens (tertiary/aromatic N) is 5. The van der Waals surface area contributed by atoms with Crippen LogP contribution in [0.25, 0.3) is 0 Å². The topological polar surface area (TPSA) is 47.5 Å². The summed E-state index contributed by atoms with van der Waals surface area (Å²) in [5, 5.41) is 3.39. The average molecular weight is 326 g/mol. The second kappa shape index (κ2) is 7.05. The summed E-state index contributed by atoms with van der Waals surface area (Å²) in [6.07, 6.45) is 0. The monoisotopic (exact) mass is 326 g/mol. The average Bonchev–Trinajstić information content (AvgIpc) is 2.55. The Hall–Kier alpha value is -2.34. The van der Waals surface area contributed by atoms with E-state index in [1.54, 1.807) is 0 Å². The number of hydrogen-bond acceptors (Lipinski definition) is 6. The van der Waals surface area contributed by atoms with Gasteiger partial charge in [0.05, 0.1) is 0 Å². The normalized spacial score (nSPS) is 15.4. The van der Waals surface area contributed by atoms with E-state index in [1.807, 2.05) is 27.1 Å². The summed E-state index contributed by atoms with van der Waals surface area (Å²) in [4.78, 5) is 16.0. The zero-order valence-corrected chi connectivity index (χ0v) is 15.0. The summed E-state index contributed by atoms with van der Waals surface area (Å²) in [5.41, 5.74) is 3.19. The van der Waals surface area contributed by atoms with E-state index in [0.29, 0.717) is 0 Å². The number of rotatable bonds is 4. The molecule has 1 aliphatic heterocycles. The minimum atomic E-state index is 0.815. The Labute approximate surface area is 144 Å². The van der Waals surface area contributed by atoms with E-state index < -0.39 is 0 Å². The third kappa shape index (κ3) is 3.94. The number of likely N-dealkylation sites (N-methyl/N-ethyl adjacent to an activating group) is 1. The highest BCUT2D eigenvalue weighted by Crippen LogP contribution is 2.21. The maximum atomic E-state index is 4.71. The van der Waals surface area contributed by atoms with Crippen molar-refractivity contribution >= 4 is 23.1 Å². The number of benzene rings is 1. The van der Waals surface area contributed by atoms with Crippen molar-refractivity contribution in [2.24, 2.45) is 0 Å². The quantitative estimate of drug-likeness (QED) is 0.931. The van der Waals surface area contributed by atoms with Gasteiger partial charge in [0, 0.05) is 63.4 Å². The second-order valence-electron chi connectivity index (χ2n) is 6.55. The molecule has 1 aromatic heterocycles. The van der Waals surface area contributed by atoms with E-state index in [-0.39, 0.29) is 0 Å². The van der Waals surface area contributed by atoms with Gasteiger partial charge in [-0.25, -0.2) is 4.98 Å². The molecule has 2 heterocycles. The molecule has 3 rings (SSSR count). The molecule has 1 aromatic carbocycles. The Kier molecular flexibility index (Phi) is 4.85. The Morgan fingerprint density at radius 1 is 1.00 bits per heavy atom. The Balaban J connectivity index is 1.76. The predicted molar refractivity (Wildman–Crippen MR) is 101 cm³/mol. The molecule has 0 saturated carbocycles. The lowest BCUT2D eigenvalue weighted by atomic mass is 10.2. The van der Waals surface area contributed by atoms with Crippen LogP contribution >= 0.6 is 0 Å². The van der Waals surface area contributed by atoms with E-state index in [4.69, 9.17) is 4.98 Å². The van der Waals surface area contributed by atoms with E-state index >= 15 is 0 Å². The summed E-state index contributed by atoms with van der Waals surface area (Å²) in [5.74, 6) is 1.66. The van der Waals surface area contributed by atoms with Crippen molar-refractivity contribution in [1.82, 2.24) is 14.9 Å². The molecule has 6 nitrogen and oxygen atoms in total. The molecular weight excluding hydrogens is 300 g/mol. The van der Waals surface area contributed by atoms with Crippen LogP contribution in [0.15, 0.2) is 30.3 Å². The zero-order chi connectivity index (χ0) is 17.1. The fraction of sp³-hybridized carbons (Fsp3) is 0.444. The van der Waals surface area contributed by atoms with E-state index in [2.05, 4.69) is 56.3 Å². The van der Waals surface area contributed by atoms with Crippen molar-refractivity contribution in [3.8, 4) is 0 Å². The molecule has 24 heavy (non-hydrogen) atoms. The molecule has 0 radical (unpaired) electrons. The molecule has 0 aliphatic carbocycles. The van der Waals surface area contributed by atoms with Crippen LogP contribution in [-0.2, 0) is 0 Å². The van der Waals surface area contributed by atoms with Crippen molar-refractivity contribution in [2.45, 2.75) is 6.92 Å². The lowest BCUT2D eigenvalue weighted by Crippen LogP contribution is -2.45. The summed E-state index contributed by atoms with van der Waals surface area (Å²) in [6, 6.07) is 10.3. The summed E-state index contributed by atoms with van der Waals surface area (Å²) in [7, 11) is 6.23. The highest BCUT2D eigenvalue weighted by Gasteiger charge is 2.17. The van der Waals surface area contributed by atoms with Crippen molar-refractivity contribution in [3.63, 3.8) is 0 Å². The first-order valence-corrected chi connectivity index (χ1v) is 8.35. The van der Waals surface area contributed by atoms with E-state index in [1.165, 1.54) is 5.69 Å². The highest BCUT2D eigenvalue weighted by molar-refractivity contribution is 5.61. The van der Waals surface area contributed by atoms with Crippen LogP contribution in [-0.4, -0.2) is 62.2 Å². The Morgan fingerprint density at radius 3 is 2.29 bits per heavy atom. The van der Waals surface area contributed by atoms with Crippen molar-refractivity contribution < 1.29 is 0 Å². The molecule has 0 spiro atoms. The van der Waals surface area contributed by atoms with Crippen LogP contribution < -0.4 is 15.1 Å². The molecule has 1 aliphatic rings. The summed E-state index contributed by atoms with van der Waals surface area (Å²) < 4.78 is 0. The molecule has 1 N–H and O–H groups in total. The van der Waals surface area contributed by atoms with Gasteiger partial charge >= 0.3 is 0 Å². The Morgan fingerprint density at radius 2 is 1.67 bits per heavy atom. The molecule has 128 valence electrons. The van der Waals surface area contributed by atoms with E-state index in [9.17, 15) is 0 Å². The molecule has 2 aromatic rings. The first-order chi connectivity index (χ1) is 11.5. The van der Waals surface area contributed by atoms with Crippen LogP contribution in [0.4, 0.5) is 23.1 Å². The summed E-state index contributed by atoms with van der Waals surface area (Å²) >= 11 is 0. The number of aryl methyl sites for hydroxylation is 1. The SMILES string of the molecule is Cc1cc(Nc2ccc(N(C)C)cc2)nc(N2CCN(C)CC2)n1. The summed E-state index contributed by atoms with van der Waals surface area (Å²) in [6.45, 7) is 6.05. The number of hydrogen-bond donors (Lipinski definition) is 1. The predicted octanol–water partition coefficient (Wildman–Crippen LogP) is 2.35. The minimum Gasteiger partial charge on any atom is -0.378 e. The van der Waals surface area contributed by atoms with Gasteiger partial charge in [0.25, 0.3) is 0 Å². The lowest BCUT2D eigenvalue weighted by molar-refractivity contribution is 0.311. The van der Waals surface area contributed by atoms with Crippen molar-refractivity contribution in [1.29, 1.82) is 0 Å². The number of piperazine rings is 1. The van der Waals surface area contributed by atoms with Gasteiger partial charge in [-0.3, -0.25) is 0 Å². The van der Waals surface area contributed by atoms with Gasteiger partial charge in [-0.1, -0.05) is 0 Å². The number of anilines is 4. The lowest BCUT2D eigenvalue weighted by Gasteiger charge is -2.32. The van der Waals surface area contributed by atoms with Crippen molar-refractivity contribution in [2.75, 3.05) is 62.4 Å². The molecule has 0 atom stereocenters. The molecule has 0 unspecified atom stereocenters. The van der Waals surface area contributed by atoms with E-state index in [0.717, 1.165) is 49.3 Å². The Bertz CT molecular complexity index is 674. The van der Waals surface area contributed by atoms with Gasteiger partial charge in [0.2, 0.25) is 5.95 Å². The highest BCUT2D eigenvalue weighted by atomic mass is 15.3. The first kappa shape index (κ1) is 16.5. The smallest absolute Gasteiger partial charge is 0.227 e. The maximum Gasteiger partial charge on any atom is 0.227 e. The maximum absolute atomic E-state index is 4.71. The fourth-order valence-electron chi connectivity index (χ4n) is 2.76. The van der Waals surface area contributed by atoms with Gasteiger partial charge < -0.3 is 20.0 Å². The molecule has 6 heteroatoms. The molecule has 1 fully saturated rings. The standard InChI is InChI=1S/C18H26N6/c1-14-13-17(20-15-5-7-16(8-6-15)22(2)3)21-18(19-14)24-11-9-23(4)10-12-24/h5-8,13H,9-12H2,1-4H3,(H,19,20,21). The molecule has 0 bridgehead atoms. The third-order valence-electron chi connectivity index (χ3n) is 4.28. The zero-order valence-electron chi connectivity index (χ0n) is 15.0. The van der Waals surface area contributed by atoms with Gasteiger partial charge in [0.1, 0.15) is 5.82 Å². The van der Waals surface area contributed by atoms with Crippen LogP contribution in [0.5, 0.6) is 0 Å². The largest absolute Gasteiger partial charge is 0.378 e. The number of aromatic nitrogens is 2. The minimum absolute atomic E-state index is 0.815. The van der Waals surface area contributed by atoms with Crippen LogP contribution in [0, 0.1) is 6.92 Å². The van der Waals surface area contributed by atoms with Crippen LogP contribution in [0.3, 0.4) is 0 Å². The second-order valence-corrected chi connectivity index (χ2v) is 6.55. The van der Waals surface area contributed by atoms with Gasteiger partial charge in [-0.2, -0.15) is 4.98 Å². The molecule has 1 saturated heterocycles. The fourth-order valence-corrected chi connectivity index (χ4v) is 2.76. The van der Waals surface area contributed by atoms with Gasteiger partial charge in [-0.15, -0.1) is 0 Å². The number of nitrogens with one attached hydrogen (secondary N) is 1. The third-order valence-corrected chi connectivity index (χ3v) is 4.28. The molecular formula is C18H26N6. The molecule has 0 amide bonds. The van der Waals surface area contributed by atoms with Gasteiger partial charge in [0.15, 0.2) is 0 Å². The van der Waals surface area contributed by atoms with Gasteiger partial charge in [-0.05, 0) is 38.2 Å². The van der Waals surface area contributed by atoms with Crippen LogP contribution in [0.2, 0.25) is 0 Å².